The molecule has 2 unspecified atom stereocenters. The zero-order chi connectivity index (χ0) is 37.1. The summed E-state index contributed by atoms with van der Waals surface area (Å²) in [7, 11) is 0. The molecule has 0 amide bonds. The third-order valence-electron chi connectivity index (χ3n) is 11.6. The highest BCUT2D eigenvalue weighted by Gasteiger charge is 2.47. The van der Waals surface area contributed by atoms with Crippen LogP contribution in [-0.4, -0.2) is 0 Å². The van der Waals surface area contributed by atoms with Gasteiger partial charge < -0.3 is 4.90 Å². The van der Waals surface area contributed by atoms with Crippen LogP contribution in [0.25, 0.3) is 22.3 Å². The number of benzene rings is 8. The second kappa shape index (κ2) is 13.6. The average molecular weight is 752 g/mol. The summed E-state index contributed by atoms with van der Waals surface area (Å²) in [6, 6.07) is 73.8. The van der Waals surface area contributed by atoms with Gasteiger partial charge in [-0.2, -0.15) is 0 Å². The number of hydrogen-bond acceptors (Lipinski definition) is 3. The normalized spacial score (nSPS) is 16.9. The molecule has 2 bridgehead atoms. The maximum atomic E-state index is 2.47. The standard InChI is InChI=1S/C53H37NS2/c1-6-16-36(17-7-1)38-32-39(34-44(33-38)54(42-22-12-4-13-23-42)43-24-14-5-15-25-43)37-26-28-46-50(35-37)56-52-47(29-27-45-48-30-31-49(55-48)51(45)52)53(46,40-18-8-2-9-19-40)41-20-10-3-11-21-41/h1-35,48-49H. The first-order valence-electron chi connectivity index (χ1n) is 19.3. The lowest BCUT2D eigenvalue weighted by atomic mass is 9.64. The van der Waals surface area contributed by atoms with Crippen LogP contribution in [0.4, 0.5) is 17.1 Å². The molecule has 0 spiro atoms. The van der Waals surface area contributed by atoms with Crippen molar-refractivity contribution < 1.29 is 0 Å². The van der Waals surface area contributed by atoms with Gasteiger partial charge in [0.05, 0.1) is 10.7 Å². The molecule has 3 aliphatic rings. The maximum Gasteiger partial charge on any atom is 0.0723 e. The Balaban J connectivity index is 1.16. The molecular formula is C53H37NS2. The topological polar surface area (TPSA) is 3.24 Å². The highest BCUT2D eigenvalue weighted by atomic mass is 32.2. The van der Waals surface area contributed by atoms with Gasteiger partial charge in [-0.1, -0.05) is 176 Å². The van der Waals surface area contributed by atoms with Crippen molar-refractivity contribution in [2.45, 2.75) is 25.7 Å². The van der Waals surface area contributed by atoms with Crippen LogP contribution in [0.2, 0.25) is 0 Å². The number of thioether (sulfide) groups is 1. The Labute approximate surface area is 337 Å². The fourth-order valence-corrected chi connectivity index (χ4v) is 12.1. The number of anilines is 3. The first-order valence-corrected chi connectivity index (χ1v) is 21.1. The number of rotatable bonds is 7. The molecule has 1 nitrogen and oxygen atoms in total. The van der Waals surface area contributed by atoms with E-state index >= 15 is 0 Å². The van der Waals surface area contributed by atoms with Crippen molar-refractivity contribution in [3.05, 3.63) is 246 Å². The van der Waals surface area contributed by atoms with Gasteiger partial charge in [0, 0.05) is 32.1 Å². The molecule has 0 radical (unpaired) electrons. The first-order chi connectivity index (χ1) is 27.8. The van der Waals surface area contributed by atoms with Gasteiger partial charge in [-0.15, -0.1) is 11.8 Å². The molecule has 0 aliphatic carbocycles. The monoisotopic (exact) mass is 751 g/mol. The third kappa shape index (κ3) is 5.33. The Bertz CT molecular complexity index is 2670. The summed E-state index contributed by atoms with van der Waals surface area (Å²) >= 11 is 4.05. The van der Waals surface area contributed by atoms with Crippen molar-refractivity contribution >= 4 is 40.6 Å². The van der Waals surface area contributed by atoms with Crippen LogP contribution < -0.4 is 4.90 Å². The largest absolute Gasteiger partial charge is 0.310 e. The first kappa shape index (κ1) is 33.3. The predicted molar refractivity (Wildman–Crippen MR) is 237 cm³/mol. The van der Waals surface area contributed by atoms with Gasteiger partial charge in [-0.05, 0) is 104 Å². The van der Waals surface area contributed by atoms with Crippen molar-refractivity contribution in [3.63, 3.8) is 0 Å². The highest BCUT2D eigenvalue weighted by molar-refractivity contribution is 8.01. The summed E-state index contributed by atoms with van der Waals surface area (Å²) in [6.45, 7) is 0. The maximum absolute atomic E-state index is 2.47. The number of para-hydroxylation sites is 2. The molecule has 0 saturated carbocycles. The van der Waals surface area contributed by atoms with Crippen molar-refractivity contribution in [1.82, 2.24) is 0 Å². The number of nitrogens with zero attached hydrogens (tertiary/aromatic N) is 1. The number of fused-ring (bicyclic) bond motifs is 8. The molecule has 266 valence electrons. The van der Waals surface area contributed by atoms with Crippen molar-refractivity contribution in [2.24, 2.45) is 0 Å². The lowest BCUT2D eigenvalue weighted by Gasteiger charge is -2.43. The molecule has 0 fully saturated rings. The minimum absolute atomic E-state index is 0.387. The average Bonchev–Trinajstić information content (AvgIpc) is 3.91. The summed E-state index contributed by atoms with van der Waals surface area (Å²) in [6.07, 6.45) is 4.83. The van der Waals surface area contributed by atoms with E-state index < -0.39 is 5.41 Å². The Morgan fingerprint density at radius 3 is 1.57 bits per heavy atom. The summed E-state index contributed by atoms with van der Waals surface area (Å²) in [5.41, 5.74) is 16.0. The van der Waals surface area contributed by atoms with Crippen LogP contribution in [0.5, 0.6) is 0 Å². The molecule has 0 saturated heterocycles. The SMILES string of the molecule is C1=CC2SC1c1ccc3c(c12)Sc1cc(-c2cc(-c4ccccc4)cc(N(c4ccccc4)c4ccccc4)c2)ccc1C3(c1ccccc1)c1ccccc1. The van der Waals surface area contributed by atoms with Crippen LogP contribution in [0.15, 0.2) is 222 Å². The van der Waals surface area contributed by atoms with Crippen LogP contribution in [0.1, 0.15) is 43.9 Å². The van der Waals surface area contributed by atoms with Crippen LogP contribution >= 0.6 is 23.5 Å². The Morgan fingerprint density at radius 1 is 0.411 bits per heavy atom. The fourth-order valence-electron chi connectivity index (χ4n) is 9.18. The molecule has 3 aliphatic heterocycles. The molecule has 3 heterocycles. The zero-order valence-electron chi connectivity index (χ0n) is 30.6. The van der Waals surface area contributed by atoms with Gasteiger partial charge in [-0.25, -0.2) is 0 Å². The van der Waals surface area contributed by atoms with E-state index in [2.05, 4.69) is 229 Å². The van der Waals surface area contributed by atoms with Crippen molar-refractivity contribution in [2.75, 3.05) is 4.90 Å². The van der Waals surface area contributed by atoms with E-state index in [9.17, 15) is 0 Å². The van der Waals surface area contributed by atoms with E-state index in [4.69, 9.17) is 0 Å². The summed E-state index contributed by atoms with van der Waals surface area (Å²) < 4.78 is 0. The predicted octanol–water partition coefficient (Wildman–Crippen LogP) is 14.7. The summed E-state index contributed by atoms with van der Waals surface area (Å²) in [5, 5.41) is 0.825. The molecule has 2 atom stereocenters. The van der Waals surface area contributed by atoms with Crippen molar-refractivity contribution in [1.29, 1.82) is 0 Å². The Hall–Kier alpha value is -6.00. The highest BCUT2D eigenvalue weighted by Crippen LogP contribution is 2.64. The van der Waals surface area contributed by atoms with Crippen molar-refractivity contribution in [3.8, 4) is 22.3 Å². The van der Waals surface area contributed by atoms with Gasteiger partial charge >= 0.3 is 0 Å². The Kier molecular flexibility index (Phi) is 8.12. The molecule has 0 N–H and O–H groups in total. The van der Waals surface area contributed by atoms with Gasteiger partial charge in [0.1, 0.15) is 0 Å². The van der Waals surface area contributed by atoms with E-state index in [1.165, 1.54) is 65.4 Å². The lowest BCUT2D eigenvalue weighted by Crippen LogP contribution is -2.34. The van der Waals surface area contributed by atoms with Crippen LogP contribution in [0, 0.1) is 0 Å². The minimum Gasteiger partial charge on any atom is -0.310 e. The molecule has 3 heteroatoms. The summed E-state index contributed by atoms with van der Waals surface area (Å²) in [5.74, 6) is 0. The fraction of sp³-hybridized carbons (Fsp3) is 0.0566. The smallest absolute Gasteiger partial charge is 0.0723 e. The van der Waals surface area contributed by atoms with Crippen LogP contribution in [0.3, 0.4) is 0 Å². The molecule has 8 aromatic carbocycles. The molecule has 56 heavy (non-hydrogen) atoms. The van der Waals surface area contributed by atoms with Gasteiger partial charge in [0.2, 0.25) is 0 Å². The van der Waals surface area contributed by atoms with E-state index in [-0.39, 0.29) is 0 Å². The third-order valence-corrected chi connectivity index (χ3v) is 14.2. The van der Waals surface area contributed by atoms with Crippen LogP contribution in [-0.2, 0) is 5.41 Å². The van der Waals surface area contributed by atoms with Gasteiger partial charge in [0.15, 0.2) is 0 Å². The quantitative estimate of drug-likeness (QED) is 0.149. The summed E-state index contributed by atoms with van der Waals surface area (Å²) in [4.78, 5) is 5.10. The second-order valence-electron chi connectivity index (χ2n) is 14.7. The van der Waals surface area contributed by atoms with Gasteiger partial charge in [-0.3, -0.25) is 0 Å². The van der Waals surface area contributed by atoms with Gasteiger partial charge in [0.25, 0.3) is 0 Å². The van der Waals surface area contributed by atoms with E-state index in [1.807, 2.05) is 11.8 Å². The van der Waals surface area contributed by atoms with E-state index in [0.717, 1.165) is 17.1 Å². The molecule has 11 rings (SSSR count). The minimum atomic E-state index is -0.476. The van der Waals surface area contributed by atoms with E-state index in [0.29, 0.717) is 10.5 Å². The second-order valence-corrected chi connectivity index (χ2v) is 17.1. The Morgan fingerprint density at radius 2 is 0.946 bits per heavy atom. The molecule has 0 aromatic heterocycles. The molecule has 8 aromatic rings. The molecular weight excluding hydrogens is 715 g/mol. The number of hydrogen-bond donors (Lipinski definition) is 0. The lowest BCUT2D eigenvalue weighted by molar-refractivity contribution is 0.697. The zero-order valence-corrected chi connectivity index (χ0v) is 32.3. The van der Waals surface area contributed by atoms with E-state index in [1.54, 1.807) is 0 Å².